The SMILES string of the molecule is CCCc1nnsc1C(C)Br. The fourth-order valence-electron chi connectivity index (χ4n) is 0.928. The van der Waals surface area contributed by atoms with Crippen LogP contribution >= 0.6 is 27.5 Å². The van der Waals surface area contributed by atoms with Gasteiger partial charge in [-0.25, -0.2) is 0 Å². The summed E-state index contributed by atoms with van der Waals surface area (Å²) in [5, 5.41) is 4.07. The highest BCUT2D eigenvalue weighted by atomic mass is 79.9. The molecule has 0 bridgehead atoms. The molecule has 0 spiro atoms. The van der Waals surface area contributed by atoms with Crippen LogP contribution in [0.5, 0.6) is 0 Å². The molecule has 1 aromatic rings. The van der Waals surface area contributed by atoms with E-state index >= 15 is 0 Å². The van der Waals surface area contributed by atoms with E-state index in [0.717, 1.165) is 18.5 Å². The Bertz CT molecular complexity index is 222. The van der Waals surface area contributed by atoms with Crippen LogP contribution in [0, 0.1) is 0 Å². The molecule has 1 unspecified atom stereocenters. The first-order chi connectivity index (χ1) is 5.25. The van der Waals surface area contributed by atoms with Crippen LogP contribution < -0.4 is 0 Å². The third kappa shape index (κ3) is 2.24. The van der Waals surface area contributed by atoms with Crippen molar-refractivity contribution in [3.8, 4) is 0 Å². The van der Waals surface area contributed by atoms with Gasteiger partial charge < -0.3 is 0 Å². The van der Waals surface area contributed by atoms with Crippen molar-refractivity contribution in [1.82, 2.24) is 9.59 Å². The summed E-state index contributed by atoms with van der Waals surface area (Å²) in [4.78, 5) is 1.66. The van der Waals surface area contributed by atoms with Crippen molar-refractivity contribution in [2.45, 2.75) is 31.5 Å². The molecular weight excluding hydrogens is 224 g/mol. The van der Waals surface area contributed by atoms with Gasteiger partial charge in [0.25, 0.3) is 0 Å². The summed E-state index contributed by atoms with van der Waals surface area (Å²) in [6.07, 6.45) is 2.18. The molecule has 0 saturated carbocycles. The number of hydrogen-bond donors (Lipinski definition) is 0. The molecule has 0 saturated heterocycles. The van der Waals surface area contributed by atoms with E-state index in [9.17, 15) is 0 Å². The van der Waals surface area contributed by atoms with Crippen LogP contribution in [-0.4, -0.2) is 9.59 Å². The van der Waals surface area contributed by atoms with Crippen molar-refractivity contribution >= 4 is 27.5 Å². The van der Waals surface area contributed by atoms with Gasteiger partial charge in [-0.2, -0.15) is 0 Å². The Morgan fingerprint density at radius 2 is 2.36 bits per heavy atom. The van der Waals surface area contributed by atoms with E-state index in [2.05, 4.69) is 39.4 Å². The molecule has 4 heteroatoms. The summed E-state index contributed by atoms with van der Waals surface area (Å²) in [5.74, 6) is 0. The normalized spacial score (nSPS) is 13.4. The van der Waals surface area contributed by atoms with E-state index in [1.807, 2.05) is 0 Å². The smallest absolute Gasteiger partial charge is 0.0798 e. The highest BCUT2D eigenvalue weighted by Crippen LogP contribution is 2.27. The standard InChI is InChI=1S/C7H11BrN2S/c1-3-4-6-7(5(2)8)11-10-9-6/h5H,3-4H2,1-2H3. The van der Waals surface area contributed by atoms with Crippen molar-refractivity contribution in [3.05, 3.63) is 10.6 Å². The van der Waals surface area contributed by atoms with Gasteiger partial charge >= 0.3 is 0 Å². The Hall–Kier alpha value is 0.0400. The van der Waals surface area contributed by atoms with Crippen molar-refractivity contribution < 1.29 is 0 Å². The minimum atomic E-state index is 0.393. The number of nitrogens with zero attached hydrogens (tertiary/aromatic N) is 2. The first-order valence-electron chi connectivity index (χ1n) is 3.71. The molecule has 0 N–H and O–H groups in total. The molecule has 0 aliphatic rings. The highest BCUT2D eigenvalue weighted by molar-refractivity contribution is 9.09. The Kier molecular flexibility index (Phi) is 3.45. The zero-order chi connectivity index (χ0) is 8.27. The number of aryl methyl sites for hydroxylation is 1. The van der Waals surface area contributed by atoms with Crippen LogP contribution in [0.4, 0.5) is 0 Å². The Labute approximate surface area is 79.3 Å². The molecule has 11 heavy (non-hydrogen) atoms. The van der Waals surface area contributed by atoms with E-state index in [1.54, 1.807) is 0 Å². The van der Waals surface area contributed by atoms with Crippen molar-refractivity contribution in [3.63, 3.8) is 0 Å². The van der Waals surface area contributed by atoms with E-state index in [0.29, 0.717) is 4.83 Å². The van der Waals surface area contributed by atoms with E-state index in [-0.39, 0.29) is 0 Å². The molecule has 0 aliphatic carbocycles. The van der Waals surface area contributed by atoms with Gasteiger partial charge in [-0.3, -0.25) is 0 Å². The first-order valence-corrected chi connectivity index (χ1v) is 5.39. The van der Waals surface area contributed by atoms with E-state index in [1.165, 1.54) is 16.4 Å². The zero-order valence-electron chi connectivity index (χ0n) is 6.67. The second kappa shape index (κ2) is 4.16. The summed E-state index contributed by atoms with van der Waals surface area (Å²) < 4.78 is 3.92. The molecule has 0 radical (unpaired) electrons. The topological polar surface area (TPSA) is 25.8 Å². The first kappa shape index (κ1) is 9.13. The minimum Gasteiger partial charge on any atom is -0.143 e. The fraction of sp³-hybridized carbons (Fsp3) is 0.714. The van der Waals surface area contributed by atoms with Crippen molar-refractivity contribution in [1.29, 1.82) is 0 Å². The van der Waals surface area contributed by atoms with Gasteiger partial charge in [0, 0.05) is 4.83 Å². The van der Waals surface area contributed by atoms with Crippen molar-refractivity contribution in [2.75, 3.05) is 0 Å². The zero-order valence-corrected chi connectivity index (χ0v) is 9.07. The lowest BCUT2D eigenvalue weighted by Gasteiger charge is -1.99. The molecule has 0 amide bonds. The quantitative estimate of drug-likeness (QED) is 0.752. The molecule has 1 heterocycles. The molecule has 0 aliphatic heterocycles. The summed E-state index contributed by atoms with van der Waals surface area (Å²) in [6, 6.07) is 0. The summed E-state index contributed by atoms with van der Waals surface area (Å²) >= 11 is 5.00. The lowest BCUT2D eigenvalue weighted by Crippen LogP contribution is -1.90. The van der Waals surface area contributed by atoms with Crippen LogP contribution in [0.15, 0.2) is 0 Å². The Morgan fingerprint density at radius 1 is 1.64 bits per heavy atom. The van der Waals surface area contributed by atoms with Gasteiger partial charge in [0.2, 0.25) is 0 Å². The highest BCUT2D eigenvalue weighted by Gasteiger charge is 2.10. The van der Waals surface area contributed by atoms with Crippen LogP contribution in [0.1, 0.15) is 35.7 Å². The van der Waals surface area contributed by atoms with Gasteiger partial charge in [0.15, 0.2) is 0 Å². The maximum Gasteiger partial charge on any atom is 0.0798 e. The predicted octanol–water partition coefficient (Wildman–Crippen LogP) is 2.95. The van der Waals surface area contributed by atoms with Gasteiger partial charge in [0.1, 0.15) is 0 Å². The van der Waals surface area contributed by atoms with Crippen LogP contribution in [-0.2, 0) is 6.42 Å². The fourth-order valence-corrected chi connectivity index (χ4v) is 2.06. The average molecular weight is 235 g/mol. The van der Waals surface area contributed by atoms with E-state index in [4.69, 9.17) is 0 Å². The second-order valence-corrected chi connectivity index (χ2v) is 4.61. The number of alkyl halides is 1. The van der Waals surface area contributed by atoms with Gasteiger partial charge in [-0.1, -0.05) is 33.8 Å². The molecular formula is C7H11BrN2S. The Morgan fingerprint density at radius 3 is 2.91 bits per heavy atom. The molecule has 1 rings (SSSR count). The van der Waals surface area contributed by atoms with Crippen LogP contribution in [0.25, 0.3) is 0 Å². The number of aromatic nitrogens is 2. The molecule has 1 atom stereocenters. The predicted molar refractivity (Wildman–Crippen MR) is 51.2 cm³/mol. The minimum absolute atomic E-state index is 0.393. The monoisotopic (exact) mass is 234 g/mol. The summed E-state index contributed by atoms with van der Waals surface area (Å²) in [6.45, 7) is 4.26. The van der Waals surface area contributed by atoms with Gasteiger partial charge in [-0.15, -0.1) is 5.10 Å². The van der Waals surface area contributed by atoms with Gasteiger partial charge in [0.05, 0.1) is 10.6 Å². The third-order valence-corrected chi connectivity index (χ3v) is 3.14. The van der Waals surface area contributed by atoms with Crippen LogP contribution in [0.3, 0.4) is 0 Å². The number of rotatable bonds is 3. The molecule has 0 fully saturated rings. The third-order valence-electron chi connectivity index (χ3n) is 1.43. The Balaban J connectivity index is 2.78. The molecule has 2 nitrogen and oxygen atoms in total. The average Bonchev–Trinajstić information content (AvgIpc) is 2.36. The van der Waals surface area contributed by atoms with Gasteiger partial charge in [-0.05, 0) is 24.9 Å². The van der Waals surface area contributed by atoms with Crippen LogP contribution in [0.2, 0.25) is 0 Å². The summed E-state index contributed by atoms with van der Waals surface area (Å²) in [5.41, 5.74) is 1.15. The molecule has 0 aromatic carbocycles. The second-order valence-electron chi connectivity index (χ2n) is 2.45. The maximum absolute atomic E-state index is 4.07. The number of halogens is 1. The van der Waals surface area contributed by atoms with Crippen molar-refractivity contribution in [2.24, 2.45) is 0 Å². The lowest BCUT2D eigenvalue weighted by molar-refractivity contribution is 0.853. The summed E-state index contributed by atoms with van der Waals surface area (Å²) in [7, 11) is 0. The van der Waals surface area contributed by atoms with E-state index < -0.39 is 0 Å². The largest absolute Gasteiger partial charge is 0.143 e. The maximum atomic E-state index is 4.07. The molecule has 62 valence electrons. The lowest BCUT2D eigenvalue weighted by atomic mass is 10.2. The molecule has 1 aromatic heterocycles. The number of hydrogen-bond acceptors (Lipinski definition) is 3.